The zero-order valence-corrected chi connectivity index (χ0v) is 14.7. The summed E-state index contributed by atoms with van der Waals surface area (Å²) in [4.78, 5) is 0.304. The number of methoxy groups -OCH3 is 1. The molecule has 0 aliphatic carbocycles. The summed E-state index contributed by atoms with van der Waals surface area (Å²) >= 11 is 3.35. The van der Waals surface area contributed by atoms with Gasteiger partial charge >= 0.3 is 0 Å². The number of hydrogen-bond acceptors (Lipinski definition) is 4. The number of likely N-dealkylation sites (N-methyl/N-ethyl adjacent to an activating group) is 1. The number of nitrogens with zero attached hydrogens (tertiary/aromatic N) is 1. The average Bonchev–Trinajstić information content (AvgIpc) is 2.48. The minimum Gasteiger partial charge on any atom is -0.496 e. The topological polar surface area (TPSA) is 58.6 Å². The first-order valence-corrected chi connectivity index (χ1v) is 9.24. The second kappa shape index (κ2) is 7.09. The first-order chi connectivity index (χ1) is 10.0. The average molecular weight is 377 g/mol. The second-order valence-corrected chi connectivity index (χ2v) is 7.86. The van der Waals surface area contributed by atoms with Crippen LogP contribution in [0.2, 0.25) is 0 Å². The number of benzene rings is 1. The van der Waals surface area contributed by atoms with Crippen LogP contribution in [0.15, 0.2) is 27.6 Å². The molecule has 1 atom stereocenters. The van der Waals surface area contributed by atoms with E-state index in [1.165, 1.54) is 0 Å². The van der Waals surface area contributed by atoms with Gasteiger partial charge in [-0.25, -0.2) is 8.42 Å². The number of ether oxygens (including phenoxy) is 1. The Hall–Kier alpha value is -0.630. The fourth-order valence-corrected chi connectivity index (χ4v) is 5.08. The lowest BCUT2D eigenvalue weighted by Crippen LogP contribution is -2.47. The molecular formula is C14H21BrN2O3S. The Morgan fingerprint density at radius 3 is 2.81 bits per heavy atom. The van der Waals surface area contributed by atoms with Gasteiger partial charge in [-0.1, -0.05) is 6.42 Å². The number of nitrogens with one attached hydrogen (secondary N) is 1. The van der Waals surface area contributed by atoms with Crippen molar-refractivity contribution < 1.29 is 13.2 Å². The highest BCUT2D eigenvalue weighted by molar-refractivity contribution is 9.10. The van der Waals surface area contributed by atoms with Gasteiger partial charge in [-0.05, 0) is 54.0 Å². The van der Waals surface area contributed by atoms with E-state index < -0.39 is 10.0 Å². The molecule has 0 spiro atoms. The predicted octanol–water partition coefficient (Wildman–Crippen LogP) is 2.22. The summed E-state index contributed by atoms with van der Waals surface area (Å²) in [6, 6.07) is 4.91. The molecule has 7 heteroatoms. The minimum absolute atomic E-state index is 0.0228. The molecule has 1 N–H and O–H groups in total. The fraction of sp³-hybridized carbons (Fsp3) is 0.571. The van der Waals surface area contributed by atoms with Crippen molar-refractivity contribution in [2.75, 3.05) is 27.2 Å². The minimum atomic E-state index is -3.47. The van der Waals surface area contributed by atoms with E-state index in [0.29, 0.717) is 28.2 Å². The van der Waals surface area contributed by atoms with Gasteiger partial charge in [0, 0.05) is 19.1 Å². The molecule has 0 saturated carbocycles. The molecule has 1 aromatic rings. The largest absolute Gasteiger partial charge is 0.496 e. The van der Waals surface area contributed by atoms with Gasteiger partial charge in [0.15, 0.2) is 0 Å². The van der Waals surface area contributed by atoms with E-state index in [2.05, 4.69) is 21.2 Å². The predicted molar refractivity (Wildman–Crippen MR) is 86.2 cm³/mol. The Bertz CT molecular complexity index is 590. The lowest BCUT2D eigenvalue weighted by atomic mass is 10.1. The Balaban J connectivity index is 2.33. The van der Waals surface area contributed by atoms with Gasteiger partial charge in [0.25, 0.3) is 0 Å². The Morgan fingerprint density at radius 1 is 1.43 bits per heavy atom. The summed E-state index contributed by atoms with van der Waals surface area (Å²) in [6.45, 7) is 1.26. The van der Waals surface area contributed by atoms with Crippen molar-refractivity contribution in [1.82, 2.24) is 9.62 Å². The maximum Gasteiger partial charge on any atom is 0.243 e. The highest BCUT2D eigenvalue weighted by Gasteiger charge is 2.33. The Labute approximate surface area is 134 Å². The van der Waals surface area contributed by atoms with E-state index in [-0.39, 0.29) is 6.04 Å². The number of halogens is 1. The van der Waals surface area contributed by atoms with Gasteiger partial charge in [0.05, 0.1) is 16.5 Å². The maximum absolute atomic E-state index is 12.9. The molecule has 1 aliphatic heterocycles. The van der Waals surface area contributed by atoms with Crippen LogP contribution in [0.3, 0.4) is 0 Å². The smallest absolute Gasteiger partial charge is 0.243 e. The lowest BCUT2D eigenvalue weighted by molar-refractivity contribution is 0.249. The van der Waals surface area contributed by atoms with Crippen LogP contribution in [-0.4, -0.2) is 46.0 Å². The van der Waals surface area contributed by atoms with Crippen molar-refractivity contribution in [3.8, 4) is 5.75 Å². The third-order valence-corrected chi connectivity index (χ3v) is 6.31. The molecule has 21 heavy (non-hydrogen) atoms. The van der Waals surface area contributed by atoms with E-state index in [9.17, 15) is 8.42 Å². The summed E-state index contributed by atoms with van der Waals surface area (Å²) in [7, 11) is -0.0651. The monoisotopic (exact) mass is 376 g/mol. The number of rotatable bonds is 5. The summed E-state index contributed by atoms with van der Waals surface area (Å²) in [5.74, 6) is 0.624. The highest BCUT2D eigenvalue weighted by atomic mass is 79.9. The zero-order chi connectivity index (χ0) is 15.5. The van der Waals surface area contributed by atoms with Crippen molar-refractivity contribution in [3.63, 3.8) is 0 Å². The first kappa shape index (κ1) is 16.7. The Morgan fingerprint density at radius 2 is 2.19 bits per heavy atom. The van der Waals surface area contributed by atoms with Crippen molar-refractivity contribution in [2.24, 2.45) is 0 Å². The highest BCUT2D eigenvalue weighted by Crippen LogP contribution is 2.31. The molecule has 2 rings (SSSR count). The van der Waals surface area contributed by atoms with E-state index in [4.69, 9.17) is 4.74 Å². The zero-order valence-electron chi connectivity index (χ0n) is 12.3. The molecule has 1 aliphatic rings. The van der Waals surface area contributed by atoms with Crippen LogP contribution >= 0.6 is 15.9 Å². The molecule has 0 radical (unpaired) electrons. The van der Waals surface area contributed by atoms with Crippen molar-refractivity contribution in [2.45, 2.75) is 30.2 Å². The molecular weight excluding hydrogens is 356 g/mol. The standard InChI is InChI=1S/C14H21BrN2O3S/c1-16-10-11-5-3-4-8-17(11)21(18,19)12-6-7-14(20-2)13(15)9-12/h6-7,9,11,16H,3-5,8,10H2,1-2H3. The van der Waals surface area contributed by atoms with E-state index in [1.807, 2.05) is 7.05 Å². The van der Waals surface area contributed by atoms with Gasteiger partial charge in [-0.2, -0.15) is 4.31 Å². The van der Waals surface area contributed by atoms with Crippen LogP contribution in [0.4, 0.5) is 0 Å². The Kier molecular flexibility index (Phi) is 5.65. The van der Waals surface area contributed by atoms with E-state index in [1.54, 1.807) is 29.6 Å². The van der Waals surface area contributed by atoms with Crippen molar-refractivity contribution >= 4 is 26.0 Å². The van der Waals surface area contributed by atoms with Gasteiger partial charge in [0.1, 0.15) is 5.75 Å². The SMILES string of the molecule is CNCC1CCCCN1S(=O)(=O)c1ccc(OC)c(Br)c1. The molecule has 0 bridgehead atoms. The quantitative estimate of drug-likeness (QED) is 0.855. The summed E-state index contributed by atoms with van der Waals surface area (Å²) in [5, 5.41) is 3.09. The molecule has 0 aromatic heterocycles. The van der Waals surface area contributed by atoms with Gasteiger partial charge in [-0.15, -0.1) is 0 Å². The van der Waals surface area contributed by atoms with Crippen LogP contribution < -0.4 is 10.1 Å². The third-order valence-electron chi connectivity index (χ3n) is 3.74. The van der Waals surface area contributed by atoms with Crippen LogP contribution in [0.25, 0.3) is 0 Å². The molecule has 1 aromatic carbocycles. The molecule has 5 nitrogen and oxygen atoms in total. The number of sulfonamides is 1. The van der Waals surface area contributed by atoms with Crippen molar-refractivity contribution in [3.05, 3.63) is 22.7 Å². The van der Waals surface area contributed by atoms with E-state index >= 15 is 0 Å². The maximum atomic E-state index is 12.9. The van der Waals surface area contributed by atoms with Gasteiger partial charge < -0.3 is 10.1 Å². The van der Waals surface area contributed by atoms with Gasteiger partial charge in [0.2, 0.25) is 10.0 Å². The normalized spacial score (nSPS) is 20.4. The molecule has 1 fully saturated rings. The fourth-order valence-electron chi connectivity index (χ4n) is 2.67. The summed E-state index contributed by atoms with van der Waals surface area (Å²) in [5.41, 5.74) is 0. The summed E-state index contributed by atoms with van der Waals surface area (Å²) < 4.78 is 33.1. The number of hydrogen-bond donors (Lipinski definition) is 1. The number of piperidine rings is 1. The van der Waals surface area contributed by atoms with Crippen LogP contribution in [0.5, 0.6) is 5.75 Å². The van der Waals surface area contributed by atoms with Gasteiger partial charge in [-0.3, -0.25) is 0 Å². The summed E-state index contributed by atoms with van der Waals surface area (Å²) in [6.07, 6.45) is 2.89. The molecule has 0 amide bonds. The molecule has 1 saturated heterocycles. The van der Waals surface area contributed by atoms with Crippen LogP contribution in [0, 0.1) is 0 Å². The third kappa shape index (κ3) is 3.59. The van der Waals surface area contributed by atoms with Crippen molar-refractivity contribution in [1.29, 1.82) is 0 Å². The van der Waals surface area contributed by atoms with Crippen LogP contribution in [0.1, 0.15) is 19.3 Å². The first-order valence-electron chi connectivity index (χ1n) is 7.00. The van der Waals surface area contributed by atoms with E-state index in [0.717, 1.165) is 19.3 Å². The molecule has 1 unspecified atom stereocenters. The molecule has 118 valence electrons. The second-order valence-electron chi connectivity index (χ2n) is 5.12. The molecule has 1 heterocycles. The van der Waals surface area contributed by atoms with Crippen LogP contribution in [-0.2, 0) is 10.0 Å². The lowest BCUT2D eigenvalue weighted by Gasteiger charge is -2.34.